The van der Waals surface area contributed by atoms with Crippen LogP contribution >= 0.6 is 0 Å². The number of benzene rings is 1. The van der Waals surface area contributed by atoms with Gasteiger partial charge in [0.2, 0.25) is 0 Å². The van der Waals surface area contributed by atoms with Crippen LogP contribution in [-0.4, -0.2) is 35.3 Å². The van der Waals surface area contributed by atoms with Gasteiger partial charge < -0.3 is 9.84 Å². The van der Waals surface area contributed by atoms with Crippen LogP contribution in [-0.2, 0) is 6.54 Å². The Kier molecular flexibility index (Phi) is 5.17. The molecule has 0 fully saturated rings. The summed E-state index contributed by atoms with van der Waals surface area (Å²) in [4.78, 5) is 2.25. The van der Waals surface area contributed by atoms with E-state index in [0.29, 0.717) is 12.6 Å². The second-order valence-electron chi connectivity index (χ2n) is 5.62. The van der Waals surface area contributed by atoms with Crippen LogP contribution in [0.3, 0.4) is 0 Å². The fourth-order valence-electron chi connectivity index (χ4n) is 1.97. The number of rotatable bonds is 6. The Hall–Kier alpha value is -1.06. The highest BCUT2D eigenvalue weighted by Gasteiger charge is 2.21. The maximum absolute atomic E-state index is 9.97. The molecule has 0 aliphatic carbocycles. The van der Waals surface area contributed by atoms with Crippen molar-refractivity contribution >= 4 is 0 Å². The molecule has 0 aliphatic heterocycles. The molecule has 0 saturated heterocycles. The molecule has 1 aromatic carbocycles. The van der Waals surface area contributed by atoms with Crippen LogP contribution in [0.1, 0.15) is 33.3 Å². The van der Waals surface area contributed by atoms with Crippen molar-refractivity contribution in [3.8, 4) is 5.75 Å². The zero-order valence-corrected chi connectivity index (χ0v) is 12.1. The first-order chi connectivity index (χ1) is 8.33. The lowest BCUT2D eigenvalue weighted by atomic mass is 10.1. The average molecular weight is 251 g/mol. The Morgan fingerprint density at radius 2 is 1.89 bits per heavy atom. The van der Waals surface area contributed by atoms with Crippen molar-refractivity contribution < 1.29 is 9.84 Å². The maximum Gasteiger partial charge on any atom is 0.123 e. The molecule has 0 aromatic heterocycles. The van der Waals surface area contributed by atoms with Crippen molar-refractivity contribution in [2.45, 2.75) is 45.9 Å². The van der Waals surface area contributed by atoms with E-state index in [9.17, 15) is 5.11 Å². The van der Waals surface area contributed by atoms with Crippen molar-refractivity contribution in [3.63, 3.8) is 0 Å². The first kappa shape index (κ1) is 15.0. The molecule has 0 aliphatic rings. The highest BCUT2D eigenvalue weighted by atomic mass is 16.5. The molecule has 0 unspecified atom stereocenters. The van der Waals surface area contributed by atoms with Crippen molar-refractivity contribution in [1.29, 1.82) is 0 Å². The molecule has 3 heteroatoms. The summed E-state index contributed by atoms with van der Waals surface area (Å²) >= 11 is 0. The maximum atomic E-state index is 9.97. The fraction of sp³-hybridized carbons (Fsp3) is 0.600. The van der Waals surface area contributed by atoms with E-state index in [1.807, 2.05) is 32.0 Å². The minimum absolute atomic E-state index is 0.376. The van der Waals surface area contributed by atoms with Gasteiger partial charge in [-0.1, -0.05) is 18.2 Å². The molecular formula is C15H25NO2. The SMILES string of the molecule is COc1ccccc1CN(CC(C)(C)O)C(C)C. The predicted octanol–water partition coefficient (Wildman–Crippen LogP) is 2.68. The Morgan fingerprint density at radius 3 is 2.39 bits per heavy atom. The quantitative estimate of drug-likeness (QED) is 0.843. The summed E-state index contributed by atoms with van der Waals surface area (Å²) in [6, 6.07) is 8.40. The van der Waals surface area contributed by atoms with Crippen LogP contribution in [0.25, 0.3) is 0 Å². The van der Waals surface area contributed by atoms with Crippen LogP contribution in [0.2, 0.25) is 0 Å². The Balaban J connectivity index is 2.83. The molecule has 0 bridgehead atoms. The van der Waals surface area contributed by atoms with Gasteiger partial charge in [-0.3, -0.25) is 4.90 Å². The molecule has 3 nitrogen and oxygen atoms in total. The van der Waals surface area contributed by atoms with Gasteiger partial charge in [-0.15, -0.1) is 0 Å². The number of hydrogen-bond acceptors (Lipinski definition) is 3. The topological polar surface area (TPSA) is 32.7 Å². The standard InChI is InChI=1S/C15H25NO2/c1-12(2)16(11-15(3,4)17)10-13-8-6-7-9-14(13)18-5/h6-9,12,17H,10-11H2,1-5H3. The molecule has 102 valence electrons. The van der Waals surface area contributed by atoms with Gasteiger partial charge in [0.25, 0.3) is 0 Å². The molecule has 18 heavy (non-hydrogen) atoms. The molecule has 0 spiro atoms. The third kappa shape index (κ3) is 4.67. The van der Waals surface area contributed by atoms with E-state index in [-0.39, 0.29) is 0 Å². The summed E-state index contributed by atoms with van der Waals surface area (Å²) in [6.45, 7) is 9.38. The lowest BCUT2D eigenvalue weighted by molar-refractivity contribution is 0.0222. The van der Waals surface area contributed by atoms with Crippen molar-refractivity contribution in [2.24, 2.45) is 0 Å². The number of para-hydroxylation sites is 1. The first-order valence-electron chi connectivity index (χ1n) is 6.42. The van der Waals surface area contributed by atoms with Gasteiger partial charge in [-0.2, -0.15) is 0 Å². The van der Waals surface area contributed by atoms with E-state index in [1.165, 1.54) is 0 Å². The molecular weight excluding hydrogens is 226 g/mol. The Morgan fingerprint density at radius 1 is 1.28 bits per heavy atom. The summed E-state index contributed by atoms with van der Waals surface area (Å²) in [5.74, 6) is 0.902. The molecule has 0 radical (unpaired) electrons. The van der Waals surface area contributed by atoms with E-state index in [2.05, 4.69) is 24.8 Å². The minimum Gasteiger partial charge on any atom is -0.496 e. The van der Waals surface area contributed by atoms with Crippen LogP contribution in [0.15, 0.2) is 24.3 Å². The van der Waals surface area contributed by atoms with Crippen LogP contribution < -0.4 is 4.74 Å². The van der Waals surface area contributed by atoms with E-state index >= 15 is 0 Å². The fourth-order valence-corrected chi connectivity index (χ4v) is 1.97. The summed E-state index contributed by atoms with van der Waals surface area (Å²) in [5, 5.41) is 9.97. The third-order valence-corrected chi connectivity index (χ3v) is 2.89. The molecule has 1 rings (SSSR count). The second kappa shape index (κ2) is 6.21. The van der Waals surface area contributed by atoms with Crippen LogP contribution in [0, 0.1) is 0 Å². The summed E-state index contributed by atoms with van der Waals surface area (Å²) in [6.07, 6.45) is 0. The van der Waals surface area contributed by atoms with Gasteiger partial charge >= 0.3 is 0 Å². The van der Waals surface area contributed by atoms with Gasteiger partial charge in [0, 0.05) is 24.7 Å². The van der Waals surface area contributed by atoms with Gasteiger partial charge in [0.1, 0.15) is 5.75 Å². The van der Waals surface area contributed by atoms with Gasteiger partial charge in [-0.05, 0) is 33.8 Å². The number of hydrogen-bond donors (Lipinski definition) is 1. The molecule has 1 N–H and O–H groups in total. The normalized spacial score (nSPS) is 12.2. The monoisotopic (exact) mass is 251 g/mol. The predicted molar refractivity (Wildman–Crippen MR) is 74.8 cm³/mol. The Bertz CT molecular complexity index is 369. The number of methoxy groups -OCH3 is 1. The summed E-state index contributed by atoms with van der Waals surface area (Å²) in [7, 11) is 1.69. The molecule has 0 atom stereocenters. The van der Waals surface area contributed by atoms with E-state index < -0.39 is 5.60 Å². The second-order valence-corrected chi connectivity index (χ2v) is 5.62. The molecule has 1 aromatic rings. The lowest BCUT2D eigenvalue weighted by Crippen LogP contribution is -2.41. The molecule has 0 saturated carbocycles. The Labute approximate surface area is 110 Å². The number of nitrogens with zero attached hydrogens (tertiary/aromatic N) is 1. The van der Waals surface area contributed by atoms with Crippen molar-refractivity contribution in [1.82, 2.24) is 4.90 Å². The highest BCUT2D eigenvalue weighted by Crippen LogP contribution is 2.21. The summed E-state index contributed by atoms with van der Waals surface area (Å²) in [5.41, 5.74) is 0.463. The molecule has 0 amide bonds. The smallest absolute Gasteiger partial charge is 0.123 e. The largest absolute Gasteiger partial charge is 0.496 e. The van der Waals surface area contributed by atoms with Gasteiger partial charge in [0.05, 0.1) is 12.7 Å². The minimum atomic E-state index is -0.688. The lowest BCUT2D eigenvalue weighted by Gasteiger charge is -2.32. The highest BCUT2D eigenvalue weighted by molar-refractivity contribution is 5.33. The van der Waals surface area contributed by atoms with Gasteiger partial charge in [-0.25, -0.2) is 0 Å². The zero-order chi connectivity index (χ0) is 13.8. The van der Waals surface area contributed by atoms with E-state index in [1.54, 1.807) is 7.11 Å². The zero-order valence-electron chi connectivity index (χ0n) is 12.1. The number of ether oxygens (including phenoxy) is 1. The van der Waals surface area contributed by atoms with Crippen molar-refractivity contribution in [3.05, 3.63) is 29.8 Å². The van der Waals surface area contributed by atoms with Gasteiger partial charge in [0.15, 0.2) is 0 Å². The van der Waals surface area contributed by atoms with Crippen LogP contribution in [0.4, 0.5) is 0 Å². The van der Waals surface area contributed by atoms with Crippen molar-refractivity contribution in [2.75, 3.05) is 13.7 Å². The third-order valence-electron chi connectivity index (χ3n) is 2.89. The number of aliphatic hydroxyl groups is 1. The van der Waals surface area contributed by atoms with E-state index in [0.717, 1.165) is 17.9 Å². The molecule has 0 heterocycles. The first-order valence-corrected chi connectivity index (χ1v) is 6.42. The summed E-state index contributed by atoms with van der Waals surface area (Å²) < 4.78 is 5.37. The van der Waals surface area contributed by atoms with Crippen LogP contribution in [0.5, 0.6) is 5.75 Å². The average Bonchev–Trinajstić information content (AvgIpc) is 2.27. The van der Waals surface area contributed by atoms with E-state index in [4.69, 9.17) is 4.74 Å².